The summed E-state index contributed by atoms with van der Waals surface area (Å²) in [5.41, 5.74) is 4.31. The van der Waals surface area contributed by atoms with Crippen LogP contribution in [-0.4, -0.2) is 40.4 Å². The highest BCUT2D eigenvalue weighted by Crippen LogP contribution is 2.31. The van der Waals surface area contributed by atoms with Crippen LogP contribution in [0.3, 0.4) is 0 Å². The van der Waals surface area contributed by atoms with E-state index in [1.54, 1.807) is 0 Å². The number of amides is 2. The fourth-order valence-electron chi connectivity index (χ4n) is 4.32. The van der Waals surface area contributed by atoms with Gasteiger partial charge in [-0.1, -0.05) is 18.5 Å². The van der Waals surface area contributed by atoms with Crippen LogP contribution in [-0.2, 0) is 6.42 Å². The minimum absolute atomic E-state index is 0.0471. The van der Waals surface area contributed by atoms with E-state index in [0.29, 0.717) is 36.0 Å². The van der Waals surface area contributed by atoms with E-state index < -0.39 is 10.8 Å². The van der Waals surface area contributed by atoms with Crippen LogP contribution in [0.25, 0.3) is 0 Å². The molecule has 1 aromatic heterocycles. The molecule has 1 N–H and O–H groups in total. The van der Waals surface area contributed by atoms with Gasteiger partial charge in [-0.05, 0) is 50.7 Å². The summed E-state index contributed by atoms with van der Waals surface area (Å²) in [5, 5.41) is 15.3. The first-order chi connectivity index (χ1) is 15.8. The first kappa shape index (κ1) is 23.0. The molecule has 9 nitrogen and oxygen atoms in total. The molecule has 2 aromatic rings. The number of hydrazone groups is 1. The maximum Gasteiger partial charge on any atom is 0.289 e. The number of carbonyl (C=O) groups is 2. The van der Waals surface area contributed by atoms with Crippen molar-refractivity contribution in [3.63, 3.8) is 0 Å². The predicted molar refractivity (Wildman–Crippen MR) is 123 cm³/mol. The summed E-state index contributed by atoms with van der Waals surface area (Å²) in [6.45, 7) is 5.47. The minimum atomic E-state index is -0.644. The molecular weight excluding hydrogens is 448 g/mol. The summed E-state index contributed by atoms with van der Waals surface area (Å²) in [6.07, 6.45) is 4.04. The van der Waals surface area contributed by atoms with Crippen LogP contribution in [0.5, 0.6) is 0 Å². The quantitative estimate of drug-likeness (QED) is 0.519. The summed E-state index contributed by atoms with van der Waals surface area (Å²) in [4.78, 5) is 37.9. The van der Waals surface area contributed by atoms with Crippen LogP contribution in [0.4, 0.5) is 5.69 Å². The van der Waals surface area contributed by atoms with Gasteiger partial charge in [0.15, 0.2) is 5.76 Å². The van der Waals surface area contributed by atoms with E-state index in [9.17, 15) is 19.7 Å². The van der Waals surface area contributed by atoms with Gasteiger partial charge in [-0.15, -0.1) is 0 Å². The SMILES string of the molecule is Cc1c(C(=O)N2CCC(C)CC2)oc2c1/C(=N/NC(=O)c1ccc(Cl)c([N+](=O)[O-])c1)CCC2. The van der Waals surface area contributed by atoms with Crippen molar-refractivity contribution >= 4 is 34.8 Å². The number of hydrogen-bond acceptors (Lipinski definition) is 6. The van der Waals surface area contributed by atoms with Gasteiger partial charge in [0.05, 0.1) is 10.6 Å². The summed E-state index contributed by atoms with van der Waals surface area (Å²) in [7, 11) is 0. The first-order valence-electron chi connectivity index (χ1n) is 11.0. The predicted octanol–water partition coefficient (Wildman–Crippen LogP) is 4.49. The number of nitro benzene ring substituents is 1. The Morgan fingerprint density at radius 3 is 2.70 bits per heavy atom. The van der Waals surface area contributed by atoms with Gasteiger partial charge in [0, 0.05) is 42.3 Å². The second kappa shape index (κ2) is 9.35. The van der Waals surface area contributed by atoms with E-state index >= 15 is 0 Å². The van der Waals surface area contributed by atoms with E-state index in [1.807, 2.05) is 11.8 Å². The van der Waals surface area contributed by atoms with Crippen LogP contribution in [0.1, 0.15) is 70.4 Å². The molecular formula is C23H25ClN4O5. The number of nitro groups is 1. The molecule has 2 aliphatic rings. The summed E-state index contributed by atoms with van der Waals surface area (Å²) in [5.74, 6) is 0.954. The number of fused-ring (bicyclic) bond motifs is 1. The molecule has 0 saturated carbocycles. The smallest absolute Gasteiger partial charge is 0.289 e. The van der Waals surface area contributed by atoms with Crippen molar-refractivity contribution in [1.82, 2.24) is 10.3 Å². The van der Waals surface area contributed by atoms with E-state index in [2.05, 4.69) is 17.5 Å². The molecule has 1 fully saturated rings. The molecule has 1 saturated heterocycles. The van der Waals surface area contributed by atoms with Crippen molar-refractivity contribution < 1.29 is 18.9 Å². The Bertz CT molecular complexity index is 1150. The second-order valence-electron chi connectivity index (χ2n) is 8.61. The number of rotatable bonds is 4. The van der Waals surface area contributed by atoms with E-state index in [1.165, 1.54) is 12.1 Å². The molecule has 0 unspecified atom stereocenters. The van der Waals surface area contributed by atoms with E-state index in [4.69, 9.17) is 16.0 Å². The molecule has 4 rings (SSSR count). The number of nitrogens with zero attached hydrogens (tertiary/aromatic N) is 3. The Morgan fingerprint density at radius 2 is 2.00 bits per heavy atom. The molecule has 2 heterocycles. The summed E-state index contributed by atoms with van der Waals surface area (Å²) in [6, 6.07) is 3.82. The molecule has 0 atom stereocenters. The molecule has 1 aliphatic heterocycles. The number of piperidine rings is 1. The number of hydrogen-bond donors (Lipinski definition) is 1. The zero-order valence-electron chi connectivity index (χ0n) is 18.5. The lowest BCUT2D eigenvalue weighted by Gasteiger charge is -2.29. The summed E-state index contributed by atoms with van der Waals surface area (Å²) < 4.78 is 5.98. The van der Waals surface area contributed by atoms with E-state index in [0.717, 1.165) is 49.5 Å². The van der Waals surface area contributed by atoms with Gasteiger partial charge >= 0.3 is 0 Å². The van der Waals surface area contributed by atoms with Crippen molar-refractivity contribution in [1.29, 1.82) is 0 Å². The van der Waals surface area contributed by atoms with Crippen molar-refractivity contribution in [2.24, 2.45) is 11.0 Å². The number of furan rings is 1. The molecule has 0 radical (unpaired) electrons. The third kappa shape index (κ3) is 4.64. The topological polar surface area (TPSA) is 118 Å². The molecule has 1 aliphatic carbocycles. The average molecular weight is 473 g/mol. The number of carbonyl (C=O) groups excluding carboxylic acids is 2. The molecule has 174 valence electrons. The molecule has 2 amide bonds. The molecule has 10 heteroatoms. The van der Waals surface area contributed by atoms with Gasteiger partial charge in [0.1, 0.15) is 10.8 Å². The average Bonchev–Trinajstić information content (AvgIpc) is 3.14. The van der Waals surface area contributed by atoms with E-state index in [-0.39, 0.29) is 22.2 Å². The lowest BCUT2D eigenvalue weighted by Crippen LogP contribution is -2.38. The number of benzene rings is 1. The lowest BCUT2D eigenvalue weighted by molar-refractivity contribution is -0.384. The van der Waals surface area contributed by atoms with Gasteiger partial charge in [0.25, 0.3) is 17.5 Å². The highest BCUT2D eigenvalue weighted by molar-refractivity contribution is 6.32. The van der Waals surface area contributed by atoms with Gasteiger partial charge in [-0.2, -0.15) is 5.10 Å². The normalized spacial score (nSPS) is 17.7. The Hall–Kier alpha value is -3.20. The maximum atomic E-state index is 13.1. The number of likely N-dealkylation sites (tertiary alicyclic amines) is 1. The van der Waals surface area contributed by atoms with Gasteiger partial charge in [0.2, 0.25) is 0 Å². The van der Waals surface area contributed by atoms with Crippen molar-refractivity contribution in [3.05, 3.63) is 61.5 Å². The zero-order chi connectivity index (χ0) is 23.7. The maximum absolute atomic E-state index is 13.1. The Balaban J connectivity index is 1.56. The Kier molecular flexibility index (Phi) is 6.51. The minimum Gasteiger partial charge on any atom is -0.455 e. The van der Waals surface area contributed by atoms with Crippen molar-refractivity contribution in [2.45, 2.75) is 46.0 Å². The van der Waals surface area contributed by atoms with Crippen molar-refractivity contribution in [2.75, 3.05) is 13.1 Å². The van der Waals surface area contributed by atoms with Gasteiger partial charge in [-0.25, -0.2) is 5.43 Å². The van der Waals surface area contributed by atoms with Crippen LogP contribution in [0.2, 0.25) is 5.02 Å². The third-order valence-corrected chi connectivity index (χ3v) is 6.61. The zero-order valence-corrected chi connectivity index (χ0v) is 19.3. The van der Waals surface area contributed by atoms with Gasteiger partial charge in [-0.3, -0.25) is 19.7 Å². The Labute approximate surface area is 195 Å². The van der Waals surface area contributed by atoms with Crippen molar-refractivity contribution in [3.8, 4) is 0 Å². The number of halogens is 1. The first-order valence-corrected chi connectivity index (χ1v) is 11.4. The summed E-state index contributed by atoms with van der Waals surface area (Å²) >= 11 is 5.82. The highest BCUT2D eigenvalue weighted by atomic mass is 35.5. The molecule has 1 aromatic carbocycles. The molecule has 0 bridgehead atoms. The molecule has 33 heavy (non-hydrogen) atoms. The Morgan fingerprint density at radius 1 is 1.27 bits per heavy atom. The third-order valence-electron chi connectivity index (χ3n) is 6.29. The fraction of sp³-hybridized carbons (Fsp3) is 0.435. The van der Waals surface area contributed by atoms with Gasteiger partial charge < -0.3 is 9.32 Å². The number of aryl methyl sites for hydroxylation is 1. The second-order valence-corrected chi connectivity index (χ2v) is 9.01. The fourth-order valence-corrected chi connectivity index (χ4v) is 4.50. The largest absolute Gasteiger partial charge is 0.455 e. The van der Waals surface area contributed by atoms with Crippen LogP contribution in [0, 0.1) is 23.0 Å². The van der Waals surface area contributed by atoms with Crippen LogP contribution >= 0.6 is 11.6 Å². The van der Waals surface area contributed by atoms with Crippen LogP contribution in [0.15, 0.2) is 27.7 Å². The highest BCUT2D eigenvalue weighted by Gasteiger charge is 2.31. The standard InChI is InChI=1S/C23H25ClN4O5/c1-13-8-10-27(11-9-13)23(30)21-14(2)20-17(4-3-5-19(20)33-21)25-26-22(29)15-6-7-16(24)18(12-15)28(31)32/h6-7,12-13H,3-5,8-11H2,1-2H3,(H,26,29)/b25-17+. The lowest BCUT2D eigenvalue weighted by atomic mass is 9.93. The number of nitrogens with one attached hydrogen (secondary N) is 1. The van der Waals surface area contributed by atoms with Crippen LogP contribution < -0.4 is 5.43 Å². The monoisotopic (exact) mass is 472 g/mol. The molecule has 0 spiro atoms.